The fourth-order valence-electron chi connectivity index (χ4n) is 2.11. The Bertz CT molecular complexity index is 538. The number of nitrogens with one attached hydrogen (secondary N) is 1. The first-order chi connectivity index (χ1) is 8.83. The van der Waals surface area contributed by atoms with Crippen molar-refractivity contribution in [3.63, 3.8) is 0 Å². The summed E-state index contributed by atoms with van der Waals surface area (Å²) in [6, 6.07) is 4.06. The summed E-state index contributed by atoms with van der Waals surface area (Å²) in [4.78, 5) is 11.8. The molecule has 1 aromatic rings. The highest BCUT2D eigenvalue weighted by Gasteiger charge is 2.65. The van der Waals surface area contributed by atoms with Gasteiger partial charge in [-0.3, -0.25) is 4.79 Å². The molecule has 2 rings (SSSR count). The van der Waals surface area contributed by atoms with Gasteiger partial charge in [-0.25, -0.2) is 5.43 Å². The quantitative estimate of drug-likeness (QED) is 0.673. The van der Waals surface area contributed by atoms with Gasteiger partial charge in [-0.1, -0.05) is 23.7 Å². The normalized spacial score (nSPS) is 16.8. The van der Waals surface area contributed by atoms with Gasteiger partial charge in [0.05, 0.1) is 16.0 Å². The molecule has 0 bridgehead atoms. The molecule has 19 heavy (non-hydrogen) atoms. The largest absolute Gasteiger partial charge is 0.398 e. The first-order valence-electron chi connectivity index (χ1n) is 5.45. The van der Waals surface area contributed by atoms with Crippen LogP contribution in [-0.2, 0) is 5.41 Å². The fraction of sp³-hybridized carbons (Fsp3) is 0.333. The van der Waals surface area contributed by atoms with Crippen LogP contribution in [0.2, 0.25) is 5.02 Å². The van der Waals surface area contributed by atoms with E-state index in [4.69, 9.17) is 11.6 Å². The first-order valence-corrected chi connectivity index (χ1v) is 5.83. The van der Waals surface area contributed by atoms with Crippen LogP contribution in [0.1, 0.15) is 28.8 Å². The van der Waals surface area contributed by atoms with Gasteiger partial charge in [0.25, 0.3) is 5.91 Å². The van der Waals surface area contributed by atoms with Crippen molar-refractivity contribution in [2.75, 3.05) is 0 Å². The van der Waals surface area contributed by atoms with Crippen LogP contribution in [-0.4, -0.2) is 18.8 Å². The molecule has 0 unspecified atom stereocenters. The van der Waals surface area contributed by atoms with Crippen LogP contribution in [0, 0.1) is 0 Å². The minimum absolute atomic E-state index is 0.0332. The van der Waals surface area contributed by atoms with Gasteiger partial charge in [-0.2, -0.15) is 18.3 Å². The van der Waals surface area contributed by atoms with E-state index in [1.54, 1.807) is 0 Å². The maximum Gasteiger partial charge on any atom is 0.398 e. The molecule has 1 N–H and O–H groups in total. The Balaban J connectivity index is 2.56. The van der Waals surface area contributed by atoms with Gasteiger partial charge in [0.1, 0.15) is 0 Å². The van der Waals surface area contributed by atoms with Gasteiger partial charge in [0.2, 0.25) is 0 Å². The predicted octanol–water partition coefficient (Wildman–Crippen LogP) is 3.28. The van der Waals surface area contributed by atoms with Crippen LogP contribution in [0.25, 0.3) is 0 Å². The van der Waals surface area contributed by atoms with E-state index in [-0.39, 0.29) is 29.0 Å². The summed E-state index contributed by atoms with van der Waals surface area (Å²) < 4.78 is 39.4. The van der Waals surface area contributed by atoms with Crippen molar-refractivity contribution in [2.24, 2.45) is 5.10 Å². The predicted molar refractivity (Wildman–Crippen MR) is 65.4 cm³/mol. The third-order valence-corrected chi connectivity index (χ3v) is 3.54. The number of carbonyl (C=O) groups excluding carboxylic acids is 1. The van der Waals surface area contributed by atoms with Crippen LogP contribution in [0.4, 0.5) is 13.2 Å². The Morgan fingerprint density at radius 1 is 1.42 bits per heavy atom. The third-order valence-electron chi connectivity index (χ3n) is 3.23. The lowest BCUT2D eigenvalue weighted by atomic mass is 9.90. The molecule has 0 heterocycles. The van der Waals surface area contributed by atoms with Crippen LogP contribution in [0.3, 0.4) is 0 Å². The lowest BCUT2D eigenvalue weighted by molar-refractivity contribution is -0.160. The van der Waals surface area contributed by atoms with Crippen molar-refractivity contribution in [2.45, 2.75) is 24.4 Å². The van der Waals surface area contributed by atoms with Gasteiger partial charge in [-0.15, -0.1) is 0 Å². The van der Waals surface area contributed by atoms with E-state index in [1.807, 2.05) is 5.43 Å². The zero-order valence-corrected chi connectivity index (χ0v) is 10.5. The van der Waals surface area contributed by atoms with E-state index < -0.39 is 17.5 Å². The topological polar surface area (TPSA) is 41.5 Å². The fourth-order valence-corrected chi connectivity index (χ4v) is 2.37. The number of rotatable bonds is 3. The van der Waals surface area contributed by atoms with Crippen LogP contribution in [0.5, 0.6) is 0 Å². The number of hydrogen-bond donors (Lipinski definition) is 1. The van der Waals surface area contributed by atoms with Gasteiger partial charge in [0, 0.05) is 6.72 Å². The highest BCUT2D eigenvalue weighted by atomic mass is 35.5. The second-order valence-electron chi connectivity index (χ2n) is 4.34. The molecule has 1 aliphatic rings. The maximum atomic E-state index is 13.1. The zero-order valence-electron chi connectivity index (χ0n) is 9.72. The number of benzene rings is 1. The lowest BCUT2D eigenvalue weighted by Crippen LogP contribution is -2.32. The molecule has 1 aliphatic carbocycles. The molecular weight excluding hydrogens is 281 g/mol. The molecule has 1 saturated carbocycles. The molecule has 102 valence electrons. The summed E-state index contributed by atoms with van der Waals surface area (Å²) in [7, 11) is 0. The van der Waals surface area contributed by atoms with Gasteiger partial charge >= 0.3 is 6.18 Å². The molecule has 0 saturated heterocycles. The van der Waals surface area contributed by atoms with E-state index in [9.17, 15) is 18.0 Å². The molecule has 0 aromatic heterocycles. The second kappa shape index (κ2) is 4.52. The molecule has 0 spiro atoms. The van der Waals surface area contributed by atoms with Gasteiger partial charge in [0.15, 0.2) is 0 Å². The maximum absolute atomic E-state index is 13.1. The van der Waals surface area contributed by atoms with Gasteiger partial charge in [-0.05, 0) is 24.5 Å². The molecule has 3 nitrogen and oxygen atoms in total. The van der Waals surface area contributed by atoms with Crippen LogP contribution < -0.4 is 5.43 Å². The van der Waals surface area contributed by atoms with Crippen molar-refractivity contribution < 1.29 is 18.0 Å². The number of halogens is 4. The SMILES string of the molecule is C=NNC(=O)c1c(Cl)cccc1C1(C(F)(F)F)CC1. The summed E-state index contributed by atoms with van der Waals surface area (Å²) >= 11 is 5.85. The Morgan fingerprint density at radius 2 is 2.05 bits per heavy atom. The van der Waals surface area contributed by atoms with Gasteiger partial charge < -0.3 is 0 Å². The number of amides is 1. The average molecular weight is 291 g/mol. The summed E-state index contributed by atoms with van der Waals surface area (Å²) in [5.41, 5.74) is -0.241. The van der Waals surface area contributed by atoms with Crippen molar-refractivity contribution in [3.05, 3.63) is 34.3 Å². The van der Waals surface area contributed by atoms with Crippen LogP contribution in [0.15, 0.2) is 23.3 Å². The number of nitrogens with zero attached hydrogens (tertiary/aromatic N) is 1. The minimum atomic E-state index is -4.41. The smallest absolute Gasteiger partial charge is 0.267 e. The number of hydrogen-bond acceptors (Lipinski definition) is 2. The van der Waals surface area contributed by atoms with Crippen LogP contribution >= 0.6 is 11.6 Å². The molecule has 0 radical (unpaired) electrons. The molecule has 7 heteroatoms. The standard InChI is InChI=1S/C12H10ClF3N2O/c1-17-18-10(19)9-7(3-2-4-8(9)13)11(5-6-11)12(14,15)16/h2-4H,1,5-6H2,(H,18,19). The molecular formula is C12H10ClF3N2O. The molecule has 0 atom stereocenters. The minimum Gasteiger partial charge on any atom is -0.267 e. The number of hydrazone groups is 1. The first kappa shape index (κ1) is 13.9. The summed E-state index contributed by atoms with van der Waals surface area (Å²) in [6.07, 6.45) is -4.49. The Labute approximate surface area is 112 Å². The highest BCUT2D eigenvalue weighted by molar-refractivity contribution is 6.34. The molecule has 0 aliphatic heterocycles. The Kier molecular flexibility index (Phi) is 3.30. The molecule has 1 fully saturated rings. The number of carbonyl (C=O) groups is 1. The van der Waals surface area contributed by atoms with E-state index in [0.717, 1.165) is 0 Å². The van der Waals surface area contributed by atoms with Crippen molar-refractivity contribution >= 4 is 24.2 Å². The average Bonchev–Trinajstić information content (AvgIpc) is 3.08. The Morgan fingerprint density at radius 3 is 2.53 bits per heavy atom. The lowest BCUT2D eigenvalue weighted by Gasteiger charge is -2.22. The summed E-state index contributed by atoms with van der Waals surface area (Å²) in [6.45, 7) is 3.06. The number of alkyl halides is 3. The highest BCUT2D eigenvalue weighted by Crippen LogP contribution is 2.60. The second-order valence-corrected chi connectivity index (χ2v) is 4.75. The third kappa shape index (κ3) is 2.20. The zero-order chi connectivity index (χ0) is 14.3. The van der Waals surface area contributed by atoms with Crippen molar-refractivity contribution in [1.82, 2.24) is 5.43 Å². The molecule has 1 amide bonds. The van der Waals surface area contributed by atoms with Crippen molar-refractivity contribution in [1.29, 1.82) is 0 Å². The van der Waals surface area contributed by atoms with Crippen molar-refractivity contribution in [3.8, 4) is 0 Å². The summed E-state index contributed by atoms with van der Waals surface area (Å²) in [5.74, 6) is -0.786. The van der Waals surface area contributed by atoms with E-state index in [1.165, 1.54) is 18.2 Å². The monoisotopic (exact) mass is 290 g/mol. The molecule has 1 aromatic carbocycles. The van der Waals surface area contributed by atoms with E-state index in [0.29, 0.717) is 0 Å². The van der Waals surface area contributed by atoms with E-state index in [2.05, 4.69) is 11.8 Å². The summed E-state index contributed by atoms with van der Waals surface area (Å²) in [5, 5.41) is 3.14. The van der Waals surface area contributed by atoms with E-state index >= 15 is 0 Å². The Hall–Kier alpha value is -1.56.